The lowest BCUT2D eigenvalue weighted by Gasteiger charge is -2.32. The number of urea groups is 1. The lowest BCUT2D eigenvalue weighted by molar-refractivity contribution is 0.102. The summed E-state index contributed by atoms with van der Waals surface area (Å²) >= 11 is 0. The number of rotatable bonds is 4. The fraction of sp³-hybridized carbons (Fsp3) is 0.421. The number of ether oxygens (including phenoxy) is 1. The number of carbonyl (C=O) groups excluding carboxylic acids is 1. The van der Waals surface area contributed by atoms with Crippen LogP contribution in [-0.2, 0) is 0 Å². The first-order chi connectivity index (χ1) is 12.5. The van der Waals surface area contributed by atoms with E-state index in [1.807, 2.05) is 62.3 Å². The topological polar surface area (TPSA) is 70.6 Å². The highest BCUT2D eigenvalue weighted by Gasteiger charge is 2.25. The van der Waals surface area contributed by atoms with Gasteiger partial charge in [0.05, 0.1) is 6.54 Å². The van der Waals surface area contributed by atoms with E-state index in [1.165, 1.54) is 0 Å². The van der Waals surface area contributed by atoms with Gasteiger partial charge in [-0.2, -0.15) is 0 Å². The van der Waals surface area contributed by atoms with Crippen LogP contribution in [0.2, 0.25) is 0 Å². The Morgan fingerprint density at radius 1 is 1.23 bits per heavy atom. The van der Waals surface area contributed by atoms with Gasteiger partial charge < -0.3 is 19.9 Å². The van der Waals surface area contributed by atoms with Gasteiger partial charge in [-0.25, -0.2) is 4.79 Å². The number of hydrogen-bond acceptors (Lipinski definition) is 5. The highest BCUT2D eigenvalue weighted by atomic mass is 16.5. The van der Waals surface area contributed by atoms with Crippen LogP contribution in [0.1, 0.15) is 18.4 Å². The molecule has 1 unspecified atom stereocenters. The number of likely N-dealkylation sites (tertiary alicyclic amines) is 1. The Balaban J connectivity index is 1.58. The van der Waals surface area contributed by atoms with Crippen molar-refractivity contribution in [1.29, 1.82) is 0 Å². The summed E-state index contributed by atoms with van der Waals surface area (Å²) in [4.78, 5) is 16.2. The van der Waals surface area contributed by atoms with Crippen molar-refractivity contribution in [3.63, 3.8) is 0 Å². The highest BCUT2D eigenvalue weighted by molar-refractivity contribution is 5.90. The van der Waals surface area contributed by atoms with Gasteiger partial charge in [-0.1, -0.05) is 18.2 Å². The first kappa shape index (κ1) is 18.0. The van der Waals surface area contributed by atoms with E-state index in [-0.39, 0.29) is 12.1 Å². The van der Waals surface area contributed by atoms with Crippen LogP contribution in [0.3, 0.4) is 0 Å². The van der Waals surface area contributed by atoms with Gasteiger partial charge in [0.25, 0.3) is 0 Å². The summed E-state index contributed by atoms with van der Waals surface area (Å²) in [7, 11) is 3.83. The molecule has 0 radical (unpaired) electrons. The van der Waals surface area contributed by atoms with E-state index >= 15 is 0 Å². The maximum Gasteiger partial charge on any atom is 0.321 e. The number of anilines is 2. The van der Waals surface area contributed by atoms with Crippen molar-refractivity contribution in [3.05, 3.63) is 42.0 Å². The van der Waals surface area contributed by atoms with E-state index < -0.39 is 0 Å². The predicted molar refractivity (Wildman–Crippen MR) is 102 cm³/mol. The van der Waals surface area contributed by atoms with Gasteiger partial charge in [0.2, 0.25) is 5.88 Å². The molecule has 1 aliphatic rings. The summed E-state index contributed by atoms with van der Waals surface area (Å²) in [6, 6.07) is 11.4. The Hall–Kier alpha value is -2.83. The minimum atomic E-state index is -0.0957. The smallest absolute Gasteiger partial charge is 0.321 e. The van der Waals surface area contributed by atoms with E-state index in [9.17, 15) is 4.79 Å². The summed E-state index contributed by atoms with van der Waals surface area (Å²) in [6.07, 6.45) is 1.71. The molecule has 0 aliphatic carbocycles. The number of aryl methyl sites for hydroxylation is 1. The molecule has 0 bridgehead atoms. The van der Waals surface area contributed by atoms with Gasteiger partial charge in [0.1, 0.15) is 6.10 Å². The van der Waals surface area contributed by atoms with Crippen molar-refractivity contribution in [2.45, 2.75) is 25.9 Å². The molecule has 1 aliphatic heterocycles. The first-order valence-corrected chi connectivity index (χ1v) is 8.82. The fourth-order valence-corrected chi connectivity index (χ4v) is 2.91. The molecule has 1 fully saturated rings. The molecule has 7 heteroatoms. The molecule has 2 amide bonds. The van der Waals surface area contributed by atoms with Gasteiger partial charge in [-0.05, 0) is 37.5 Å². The molecule has 1 aromatic carbocycles. The lowest BCUT2D eigenvalue weighted by Crippen LogP contribution is -2.46. The second-order valence-corrected chi connectivity index (χ2v) is 6.70. The predicted octanol–water partition coefficient (Wildman–Crippen LogP) is 2.93. The van der Waals surface area contributed by atoms with Gasteiger partial charge in [-0.15, -0.1) is 10.2 Å². The first-order valence-electron chi connectivity index (χ1n) is 8.82. The number of amides is 2. The standard InChI is InChI=1S/C19H25N5O2/c1-14-7-4-5-9-16(14)20-19(25)24-12-6-8-15(13-24)26-18-11-10-17(21-22-18)23(2)3/h4-5,7,9-11,15H,6,8,12-13H2,1-3H3,(H,20,25). The third-order valence-electron chi connectivity index (χ3n) is 4.42. The van der Waals surface area contributed by atoms with Crippen molar-refractivity contribution in [1.82, 2.24) is 15.1 Å². The minimum Gasteiger partial charge on any atom is -0.471 e. The third-order valence-corrected chi connectivity index (χ3v) is 4.42. The van der Waals surface area contributed by atoms with Crippen LogP contribution in [0.25, 0.3) is 0 Å². The van der Waals surface area contributed by atoms with Crippen LogP contribution in [0.5, 0.6) is 5.88 Å². The molecular weight excluding hydrogens is 330 g/mol. The average molecular weight is 355 g/mol. The van der Waals surface area contributed by atoms with Gasteiger partial charge in [-0.3, -0.25) is 0 Å². The van der Waals surface area contributed by atoms with E-state index in [0.717, 1.165) is 36.5 Å². The summed E-state index contributed by atoms with van der Waals surface area (Å²) in [5, 5.41) is 11.2. The summed E-state index contributed by atoms with van der Waals surface area (Å²) in [6.45, 7) is 3.24. The van der Waals surface area contributed by atoms with Crippen LogP contribution in [0, 0.1) is 6.92 Å². The van der Waals surface area contributed by atoms with E-state index in [2.05, 4.69) is 15.5 Å². The average Bonchev–Trinajstić information content (AvgIpc) is 2.64. The number of hydrogen-bond donors (Lipinski definition) is 1. The van der Waals surface area contributed by atoms with E-state index in [4.69, 9.17) is 4.74 Å². The second-order valence-electron chi connectivity index (χ2n) is 6.70. The van der Waals surface area contributed by atoms with Crippen LogP contribution in [-0.4, -0.2) is 54.4 Å². The molecule has 3 rings (SSSR count). The second kappa shape index (κ2) is 8.03. The van der Waals surface area contributed by atoms with Crippen LogP contribution in [0.4, 0.5) is 16.3 Å². The van der Waals surface area contributed by atoms with Crippen molar-refractivity contribution >= 4 is 17.5 Å². The molecular formula is C19H25N5O2. The monoisotopic (exact) mass is 355 g/mol. The van der Waals surface area contributed by atoms with Crippen molar-refractivity contribution in [2.24, 2.45) is 0 Å². The fourth-order valence-electron chi connectivity index (χ4n) is 2.91. The maximum absolute atomic E-state index is 12.6. The summed E-state index contributed by atoms with van der Waals surface area (Å²) < 4.78 is 5.93. The van der Waals surface area contributed by atoms with E-state index in [0.29, 0.717) is 12.4 Å². The SMILES string of the molecule is Cc1ccccc1NC(=O)N1CCCC(Oc2ccc(N(C)C)nn2)C1. The van der Waals surface area contributed by atoms with Gasteiger partial charge in [0.15, 0.2) is 5.82 Å². The van der Waals surface area contributed by atoms with Crippen LogP contribution in [0.15, 0.2) is 36.4 Å². The minimum absolute atomic E-state index is 0.0779. The molecule has 2 aromatic rings. The molecule has 1 atom stereocenters. The van der Waals surface area contributed by atoms with Crippen molar-refractivity contribution in [3.8, 4) is 5.88 Å². The third kappa shape index (κ3) is 4.41. The Morgan fingerprint density at radius 3 is 2.73 bits per heavy atom. The number of nitrogens with zero attached hydrogens (tertiary/aromatic N) is 4. The molecule has 1 N–H and O–H groups in total. The van der Waals surface area contributed by atoms with Crippen molar-refractivity contribution < 1.29 is 9.53 Å². The number of aromatic nitrogens is 2. The van der Waals surface area contributed by atoms with Crippen molar-refractivity contribution in [2.75, 3.05) is 37.4 Å². The Labute approximate surface area is 154 Å². The zero-order valence-electron chi connectivity index (χ0n) is 15.5. The van der Waals surface area contributed by atoms with Gasteiger partial charge >= 0.3 is 6.03 Å². The Kier molecular flexibility index (Phi) is 5.55. The van der Waals surface area contributed by atoms with Crippen LogP contribution >= 0.6 is 0 Å². The maximum atomic E-state index is 12.6. The normalized spacial score (nSPS) is 16.9. The number of piperidine rings is 1. The summed E-state index contributed by atoms with van der Waals surface area (Å²) in [5.41, 5.74) is 1.88. The molecule has 1 aromatic heterocycles. The molecule has 0 spiro atoms. The molecule has 26 heavy (non-hydrogen) atoms. The number of carbonyl (C=O) groups is 1. The molecule has 2 heterocycles. The van der Waals surface area contributed by atoms with E-state index in [1.54, 1.807) is 4.90 Å². The number of benzene rings is 1. The van der Waals surface area contributed by atoms with Gasteiger partial charge in [0, 0.05) is 32.4 Å². The quantitative estimate of drug-likeness (QED) is 0.913. The molecule has 1 saturated heterocycles. The molecule has 138 valence electrons. The highest BCUT2D eigenvalue weighted by Crippen LogP contribution is 2.19. The molecule has 0 saturated carbocycles. The Morgan fingerprint density at radius 2 is 2.04 bits per heavy atom. The zero-order valence-corrected chi connectivity index (χ0v) is 15.5. The largest absolute Gasteiger partial charge is 0.471 e. The molecule has 7 nitrogen and oxygen atoms in total. The Bertz CT molecular complexity index is 748. The number of nitrogens with one attached hydrogen (secondary N) is 1. The lowest BCUT2D eigenvalue weighted by atomic mass is 10.1. The zero-order chi connectivity index (χ0) is 18.5. The number of para-hydroxylation sites is 1. The summed E-state index contributed by atoms with van der Waals surface area (Å²) in [5.74, 6) is 1.27. The van der Waals surface area contributed by atoms with Crippen LogP contribution < -0.4 is 15.0 Å².